The maximum atomic E-state index is 6.35. The molecule has 0 unspecified atom stereocenters. The first kappa shape index (κ1) is 70.9. The fraction of sp³-hybridized carbons (Fsp3) is 0. The van der Waals surface area contributed by atoms with Gasteiger partial charge in [-0.15, -0.1) is 0 Å². The van der Waals surface area contributed by atoms with Gasteiger partial charge in [0, 0.05) is 43.4 Å². The van der Waals surface area contributed by atoms with Crippen LogP contribution < -0.4 is 0 Å². The molecule has 0 saturated carbocycles. The van der Waals surface area contributed by atoms with Gasteiger partial charge in [0.15, 0.2) is 0 Å². The first-order valence-electron chi connectivity index (χ1n) is 43.9. The monoisotopic (exact) mass is 1610 g/mol. The second-order valence-electron chi connectivity index (χ2n) is 34.4. The van der Waals surface area contributed by atoms with Crippen LogP contribution in [0, 0.1) is 0 Å². The molecule has 0 amide bonds. The summed E-state index contributed by atoms with van der Waals surface area (Å²) in [5.41, 5.74) is 38.2. The maximum absolute atomic E-state index is 6.35. The number of para-hydroxylation sites is 3. The topological polar surface area (TPSA) is 31.2 Å². The molecule has 0 N–H and O–H groups in total. The average molecular weight is 1610 g/mol. The summed E-state index contributed by atoms with van der Waals surface area (Å²) in [5, 5.41) is 25.0. The van der Waals surface area contributed by atoms with Gasteiger partial charge in [-0.3, -0.25) is 0 Å². The molecule has 23 aromatic carbocycles. The lowest BCUT2D eigenvalue weighted by Gasteiger charge is -2.11. The lowest BCUT2D eigenvalue weighted by atomic mass is 9.92. The van der Waals surface area contributed by atoms with Gasteiger partial charge in [-0.25, -0.2) is 0 Å². The van der Waals surface area contributed by atoms with E-state index in [-0.39, 0.29) is 0 Å². The van der Waals surface area contributed by atoms with Crippen molar-refractivity contribution in [2.75, 3.05) is 0 Å². The number of nitrogens with zero attached hydrogens (tertiary/aromatic N) is 1. The van der Waals surface area contributed by atoms with Crippen LogP contribution in [0.5, 0.6) is 0 Å². The van der Waals surface area contributed by atoms with Crippen LogP contribution in [0.4, 0.5) is 0 Å². The fourth-order valence-electron chi connectivity index (χ4n) is 21.6. The molecule has 3 aliphatic rings. The summed E-state index contributed by atoms with van der Waals surface area (Å²) in [5.74, 6) is 0. The molecule has 0 fully saturated rings. The van der Waals surface area contributed by atoms with Gasteiger partial charge in [0.2, 0.25) is 0 Å². The van der Waals surface area contributed by atoms with Gasteiger partial charge in [0.25, 0.3) is 0 Å². The van der Waals surface area contributed by atoms with Gasteiger partial charge < -0.3 is 13.4 Å². The number of aromatic nitrogens is 1. The van der Waals surface area contributed by atoms with Crippen LogP contribution in [-0.4, -0.2) is 4.57 Å². The fourth-order valence-corrected chi connectivity index (χ4v) is 21.6. The standard InChI is InChI=1S/C48H29N.2C38H22O/c1-2-15-39(16-3-1)49-46-28-33-11-5-4-10-32(33)25-43(46)44-26-37-23-34(20-21-35(37)29-47(44)49)30-12-8-13-31(22-30)38-24-36-14-9-19-42-40-17-6-7-18-41(40)45(27-38)48(36)42;1-2-12-29-28(11-1)32-15-6-10-25-21-26(22-35(29)37(25)32)23-8-5-9-24(20-23)27-14-7-16-33-30(27)18-19-34-31-13-3-4-17-36(31)39-38(33)34;1-2-11-31-30(10-1)32-13-6-9-27-21-28(22-34(31)37(27)32)24-8-5-7-23(19-24)25-15-17-29-26(20-25)16-18-36-38(29)33-12-3-4-14-35(33)39-36/h1-29H;2*1-22H. The van der Waals surface area contributed by atoms with E-state index in [1.807, 2.05) is 24.3 Å². The predicted octanol–water partition coefficient (Wildman–Crippen LogP) is 35.0. The molecule has 3 aliphatic carbocycles. The van der Waals surface area contributed by atoms with E-state index in [1.54, 1.807) is 0 Å². The van der Waals surface area contributed by atoms with E-state index in [0.717, 1.165) is 38.5 Å². The van der Waals surface area contributed by atoms with Gasteiger partial charge in [-0.05, 0) is 331 Å². The maximum Gasteiger partial charge on any atom is 0.143 e. The Morgan fingerprint density at radius 2 is 0.496 bits per heavy atom. The third-order valence-electron chi connectivity index (χ3n) is 27.4. The van der Waals surface area contributed by atoms with Gasteiger partial charge in [0.1, 0.15) is 22.3 Å². The summed E-state index contributed by atoms with van der Waals surface area (Å²) in [6.45, 7) is 0. The molecule has 3 aromatic heterocycles. The van der Waals surface area contributed by atoms with Crippen LogP contribution in [0.3, 0.4) is 0 Å². The molecule has 0 radical (unpaired) electrons. The second-order valence-corrected chi connectivity index (χ2v) is 34.4. The van der Waals surface area contributed by atoms with E-state index >= 15 is 0 Å². The van der Waals surface area contributed by atoms with Crippen LogP contribution in [0.25, 0.3) is 280 Å². The molecule has 0 saturated heterocycles. The quantitative estimate of drug-likeness (QED) is 0.159. The molecule has 3 heteroatoms. The SMILES string of the molecule is c1cc(-c2cc3c4c(cccc4c2)-c2ccccc2-3)cc(-c2ccc3c(ccc4oc5ccccc5c43)c2)c1.c1cc(-c2cc3c4c(cccc4c2)-c2ccccc2-3)cc(-c2cccc3c2ccc2c4ccccc4oc32)c1.c1ccc(-n2c3cc4ccccc4cc3c3cc4cc(-c5cccc(-c6cc7c8c(cccc8c6)-c6ccccc6-7)c5)ccc4cc32)cc1. The van der Waals surface area contributed by atoms with Crippen molar-refractivity contribution in [2.24, 2.45) is 0 Å². The molecule has 3 heterocycles. The summed E-state index contributed by atoms with van der Waals surface area (Å²) in [6.07, 6.45) is 0. The zero-order valence-corrected chi connectivity index (χ0v) is 68.9. The Kier molecular flexibility index (Phi) is 15.6. The summed E-state index contributed by atoms with van der Waals surface area (Å²) in [4.78, 5) is 0. The van der Waals surface area contributed by atoms with Crippen molar-refractivity contribution in [3.05, 3.63) is 443 Å². The zero-order chi connectivity index (χ0) is 83.1. The largest absolute Gasteiger partial charge is 0.456 e. The molecule has 0 atom stereocenters. The number of hydrogen-bond acceptors (Lipinski definition) is 2. The molecule has 127 heavy (non-hydrogen) atoms. The van der Waals surface area contributed by atoms with Crippen LogP contribution in [-0.2, 0) is 0 Å². The smallest absolute Gasteiger partial charge is 0.143 e. The molecule has 0 spiro atoms. The van der Waals surface area contributed by atoms with Crippen LogP contribution >= 0.6 is 0 Å². The van der Waals surface area contributed by atoms with Crippen molar-refractivity contribution >= 4 is 141 Å². The van der Waals surface area contributed by atoms with Gasteiger partial charge in [-0.2, -0.15) is 0 Å². The number of furan rings is 2. The number of fused-ring (bicyclic) bond motifs is 24. The second kappa shape index (κ2) is 27.9. The Balaban J connectivity index is 0.0000000997. The molecule has 0 bridgehead atoms. The highest BCUT2D eigenvalue weighted by Gasteiger charge is 2.27. The first-order chi connectivity index (χ1) is 62.9. The first-order valence-corrected chi connectivity index (χ1v) is 43.9. The van der Waals surface area contributed by atoms with Crippen molar-refractivity contribution in [1.29, 1.82) is 0 Å². The van der Waals surface area contributed by atoms with Gasteiger partial charge in [0.05, 0.1) is 11.0 Å². The van der Waals surface area contributed by atoms with Crippen molar-refractivity contribution in [3.8, 4) is 139 Å². The van der Waals surface area contributed by atoms with E-state index in [2.05, 4.69) is 423 Å². The lowest BCUT2D eigenvalue weighted by molar-refractivity contribution is 0.669. The zero-order valence-electron chi connectivity index (χ0n) is 68.9. The Morgan fingerprint density at radius 3 is 1.06 bits per heavy atom. The molecule has 3 nitrogen and oxygen atoms in total. The Labute approximate surface area is 731 Å². The highest BCUT2D eigenvalue weighted by Crippen LogP contribution is 2.54. The normalized spacial score (nSPS) is 12.1. The van der Waals surface area contributed by atoms with Gasteiger partial charge in [-0.1, -0.05) is 315 Å². The van der Waals surface area contributed by atoms with Crippen molar-refractivity contribution in [3.63, 3.8) is 0 Å². The average Bonchev–Trinajstić information content (AvgIpc) is 1.57. The summed E-state index contributed by atoms with van der Waals surface area (Å²) in [6, 6.07) is 162. The third kappa shape index (κ3) is 11.2. The Hall–Kier alpha value is -16.7. The predicted molar refractivity (Wildman–Crippen MR) is 537 cm³/mol. The molecule has 26 aromatic rings. The molecule has 586 valence electrons. The third-order valence-corrected chi connectivity index (χ3v) is 27.4. The summed E-state index contributed by atoms with van der Waals surface area (Å²) in [7, 11) is 0. The Morgan fingerprint density at radius 1 is 0.142 bits per heavy atom. The highest BCUT2D eigenvalue weighted by molar-refractivity contribution is 6.24. The van der Waals surface area contributed by atoms with Crippen LogP contribution in [0.2, 0.25) is 0 Å². The van der Waals surface area contributed by atoms with E-state index in [4.69, 9.17) is 8.83 Å². The molecule has 29 rings (SSSR count). The highest BCUT2D eigenvalue weighted by atomic mass is 16.3. The van der Waals surface area contributed by atoms with Crippen molar-refractivity contribution in [2.45, 2.75) is 0 Å². The number of benzene rings is 23. The lowest BCUT2D eigenvalue weighted by Crippen LogP contribution is -1.93. The van der Waals surface area contributed by atoms with Gasteiger partial charge >= 0.3 is 0 Å². The minimum absolute atomic E-state index is 0.932. The van der Waals surface area contributed by atoms with Crippen LogP contribution in [0.1, 0.15) is 0 Å². The van der Waals surface area contributed by atoms with Crippen molar-refractivity contribution in [1.82, 2.24) is 4.57 Å². The molecule has 0 aliphatic heterocycles. The van der Waals surface area contributed by atoms with E-state index < -0.39 is 0 Å². The number of rotatable bonds is 7. The molecular weight excluding hydrogens is 1540 g/mol. The summed E-state index contributed by atoms with van der Waals surface area (Å²) < 4.78 is 14.9. The van der Waals surface area contributed by atoms with Crippen LogP contribution in [0.15, 0.2) is 452 Å². The van der Waals surface area contributed by atoms with E-state index in [1.165, 1.54) is 242 Å². The van der Waals surface area contributed by atoms with E-state index in [9.17, 15) is 0 Å². The minimum Gasteiger partial charge on any atom is -0.456 e. The summed E-state index contributed by atoms with van der Waals surface area (Å²) >= 11 is 0. The van der Waals surface area contributed by atoms with Crippen molar-refractivity contribution < 1.29 is 8.83 Å². The number of hydrogen-bond donors (Lipinski definition) is 0. The van der Waals surface area contributed by atoms with E-state index in [0.29, 0.717) is 0 Å². The minimum atomic E-state index is 0.932. The Bertz CT molecular complexity index is 9230. The molecular formula is C124H73NO2.